The van der Waals surface area contributed by atoms with Gasteiger partial charge in [0, 0.05) is 18.8 Å². The predicted molar refractivity (Wildman–Crippen MR) is 97.3 cm³/mol. The Balaban J connectivity index is 1.58. The van der Waals surface area contributed by atoms with Crippen LogP contribution in [0.3, 0.4) is 0 Å². The first-order valence-corrected chi connectivity index (χ1v) is 9.30. The van der Waals surface area contributed by atoms with Gasteiger partial charge in [-0.25, -0.2) is 0 Å². The van der Waals surface area contributed by atoms with Crippen molar-refractivity contribution in [2.45, 2.75) is 57.2 Å². The van der Waals surface area contributed by atoms with Crippen LogP contribution >= 0.6 is 0 Å². The fourth-order valence-electron chi connectivity index (χ4n) is 3.61. The van der Waals surface area contributed by atoms with Crippen LogP contribution in [-0.2, 0) is 10.2 Å². The molecule has 3 rings (SSSR count). The second-order valence-electron chi connectivity index (χ2n) is 7.18. The second-order valence-corrected chi connectivity index (χ2v) is 7.18. The Morgan fingerprint density at radius 3 is 2.50 bits per heavy atom. The summed E-state index contributed by atoms with van der Waals surface area (Å²) < 4.78 is 6.23. The molecule has 4 heteroatoms. The molecule has 1 aromatic carbocycles. The van der Waals surface area contributed by atoms with Crippen LogP contribution < -0.4 is 10.2 Å². The molecule has 24 heavy (non-hydrogen) atoms. The van der Waals surface area contributed by atoms with E-state index in [9.17, 15) is 5.26 Å². The molecular formula is C20H29N3O. The van der Waals surface area contributed by atoms with Gasteiger partial charge in [0.05, 0.1) is 23.7 Å². The van der Waals surface area contributed by atoms with Crippen LogP contribution in [0.15, 0.2) is 24.3 Å². The number of hydrogen-bond donors (Lipinski definition) is 1. The maximum absolute atomic E-state index is 9.33. The highest BCUT2D eigenvalue weighted by atomic mass is 16.5. The molecule has 0 aromatic heterocycles. The summed E-state index contributed by atoms with van der Waals surface area (Å²) in [4.78, 5) is 2.36. The highest BCUT2D eigenvalue weighted by Crippen LogP contribution is 2.47. The fraction of sp³-hybridized carbons (Fsp3) is 0.650. The normalized spacial score (nSPS) is 21.0. The molecule has 1 unspecified atom stereocenters. The van der Waals surface area contributed by atoms with E-state index in [2.05, 4.69) is 54.4 Å². The lowest BCUT2D eigenvalue weighted by Gasteiger charge is -2.31. The molecule has 130 valence electrons. The molecular weight excluding hydrogens is 298 g/mol. The molecule has 0 bridgehead atoms. The lowest BCUT2D eigenvalue weighted by Crippen LogP contribution is -2.38. The molecule has 1 heterocycles. The van der Waals surface area contributed by atoms with Crippen molar-refractivity contribution in [1.82, 2.24) is 5.32 Å². The van der Waals surface area contributed by atoms with Gasteiger partial charge in [-0.05, 0) is 70.3 Å². The Bertz CT molecular complexity index is 568. The first-order valence-electron chi connectivity index (χ1n) is 9.30. The van der Waals surface area contributed by atoms with Crippen molar-refractivity contribution in [2.24, 2.45) is 0 Å². The van der Waals surface area contributed by atoms with Crippen molar-refractivity contribution < 1.29 is 4.74 Å². The summed E-state index contributed by atoms with van der Waals surface area (Å²) >= 11 is 0. The van der Waals surface area contributed by atoms with Crippen molar-refractivity contribution in [3.05, 3.63) is 29.8 Å². The Hall–Kier alpha value is -1.57. The molecule has 1 saturated heterocycles. The van der Waals surface area contributed by atoms with Gasteiger partial charge in [0.1, 0.15) is 0 Å². The number of hydrogen-bond acceptors (Lipinski definition) is 4. The number of rotatable bonds is 7. The van der Waals surface area contributed by atoms with E-state index in [-0.39, 0.29) is 11.5 Å². The van der Waals surface area contributed by atoms with E-state index in [1.165, 1.54) is 11.3 Å². The number of nitrogens with one attached hydrogen (secondary N) is 1. The predicted octanol–water partition coefficient (Wildman–Crippen LogP) is 3.23. The number of nitrogens with zero attached hydrogens (tertiary/aromatic N) is 2. The van der Waals surface area contributed by atoms with Gasteiger partial charge in [-0.3, -0.25) is 0 Å². The number of anilines is 1. The van der Waals surface area contributed by atoms with Gasteiger partial charge in [-0.2, -0.15) is 5.26 Å². The zero-order chi connectivity index (χ0) is 17.0. The summed E-state index contributed by atoms with van der Waals surface area (Å²) in [6, 6.07) is 11.1. The molecule has 1 N–H and O–H groups in total. The Morgan fingerprint density at radius 1 is 1.29 bits per heavy atom. The lowest BCUT2D eigenvalue weighted by molar-refractivity contribution is -0.0132. The van der Waals surface area contributed by atoms with E-state index in [1.54, 1.807) is 0 Å². The molecule has 2 fully saturated rings. The van der Waals surface area contributed by atoms with Gasteiger partial charge < -0.3 is 15.0 Å². The molecule has 1 aliphatic carbocycles. The van der Waals surface area contributed by atoms with Crippen molar-refractivity contribution >= 4 is 5.69 Å². The van der Waals surface area contributed by atoms with Gasteiger partial charge in [-0.15, -0.1) is 0 Å². The number of likely N-dealkylation sites (N-methyl/N-ethyl adjacent to an activating group) is 1. The first kappa shape index (κ1) is 17.3. The maximum atomic E-state index is 9.33. The van der Waals surface area contributed by atoms with Crippen molar-refractivity contribution in [3.63, 3.8) is 0 Å². The highest BCUT2D eigenvalue weighted by Gasteiger charge is 2.44. The van der Waals surface area contributed by atoms with Crippen LogP contribution in [0.2, 0.25) is 0 Å². The Labute approximate surface area is 145 Å². The molecule has 0 spiro atoms. The molecule has 1 saturated carbocycles. The zero-order valence-corrected chi connectivity index (χ0v) is 14.9. The SMILES string of the molecule is CCN(CC(C)OC1CCNCC1)c1ccc(C2(C#N)CC2)cc1. The number of piperidine rings is 1. The number of ether oxygens (including phenoxy) is 1. The quantitative estimate of drug-likeness (QED) is 0.835. The summed E-state index contributed by atoms with van der Waals surface area (Å²) in [7, 11) is 0. The maximum Gasteiger partial charge on any atom is 0.0823 e. The monoisotopic (exact) mass is 327 g/mol. The molecule has 1 aromatic rings. The van der Waals surface area contributed by atoms with E-state index < -0.39 is 0 Å². The van der Waals surface area contributed by atoms with Gasteiger partial charge in [-0.1, -0.05) is 12.1 Å². The van der Waals surface area contributed by atoms with Gasteiger partial charge in [0.15, 0.2) is 0 Å². The Morgan fingerprint density at radius 2 is 1.96 bits per heavy atom. The van der Waals surface area contributed by atoms with E-state index >= 15 is 0 Å². The van der Waals surface area contributed by atoms with Crippen LogP contribution in [0.4, 0.5) is 5.69 Å². The average molecular weight is 327 g/mol. The molecule has 1 aliphatic heterocycles. The first-order chi connectivity index (χ1) is 11.7. The number of nitriles is 1. The fourth-order valence-corrected chi connectivity index (χ4v) is 3.61. The van der Waals surface area contributed by atoms with E-state index in [0.29, 0.717) is 6.10 Å². The van der Waals surface area contributed by atoms with Gasteiger partial charge in [0.25, 0.3) is 0 Å². The summed E-state index contributed by atoms with van der Waals surface area (Å²) in [6.45, 7) is 8.36. The minimum absolute atomic E-state index is 0.193. The highest BCUT2D eigenvalue weighted by molar-refractivity contribution is 5.51. The van der Waals surface area contributed by atoms with E-state index in [1.807, 2.05) is 0 Å². The van der Waals surface area contributed by atoms with Crippen LogP contribution in [0.1, 0.15) is 45.1 Å². The third-order valence-electron chi connectivity index (χ3n) is 5.32. The topological polar surface area (TPSA) is 48.3 Å². The molecule has 4 nitrogen and oxygen atoms in total. The van der Waals surface area contributed by atoms with Crippen LogP contribution in [-0.4, -0.2) is 38.4 Å². The van der Waals surface area contributed by atoms with Crippen LogP contribution in [0.5, 0.6) is 0 Å². The van der Waals surface area contributed by atoms with Crippen molar-refractivity contribution in [3.8, 4) is 6.07 Å². The van der Waals surface area contributed by atoms with Gasteiger partial charge in [0.2, 0.25) is 0 Å². The second kappa shape index (κ2) is 7.55. The molecule has 0 radical (unpaired) electrons. The minimum atomic E-state index is -0.193. The van der Waals surface area contributed by atoms with Crippen LogP contribution in [0, 0.1) is 11.3 Å². The smallest absolute Gasteiger partial charge is 0.0823 e. The standard InChI is InChI=1S/C20H29N3O/c1-3-23(14-16(2)24-19-8-12-22-13-9-19)18-6-4-17(5-7-18)20(15-21)10-11-20/h4-7,16,19,22H,3,8-14H2,1-2H3. The Kier molecular flexibility index (Phi) is 5.43. The largest absolute Gasteiger partial charge is 0.373 e. The van der Waals surface area contributed by atoms with E-state index in [0.717, 1.165) is 51.9 Å². The van der Waals surface area contributed by atoms with E-state index in [4.69, 9.17) is 4.74 Å². The summed E-state index contributed by atoms with van der Waals surface area (Å²) in [5.41, 5.74) is 2.20. The number of benzene rings is 1. The van der Waals surface area contributed by atoms with Crippen molar-refractivity contribution in [1.29, 1.82) is 5.26 Å². The summed E-state index contributed by atoms with van der Waals surface area (Å²) in [5.74, 6) is 0. The third-order valence-corrected chi connectivity index (χ3v) is 5.32. The minimum Gasteiger partial charge on any atom is -0.373 e. The summed E-state index contributed by atoms with van der Waals surface area (Å²) in [5, 5.41) is 12.7. The molecule has 2 aliphatic rings. The van der Waals surface area contributed by atoms with Crippen molar-refractivity contribution in [2.75, 3.05) is 31.1 Å². The van der Waals surface area contributed by atoms with Crippen LogP contribution in [0.25, 0.3) is 0 Å². The summed E-state index contributed by atoms with van der Waals surface area (Å²) in [6.07, 6.45) is 4.85. The molecule has 1 atom stereocenters. The third kappa shape index (κ3) is 3.91. The average Bonchev–Trinajstić information content (AvgIpc) is 3.42. The zero-order valence-electron chi connectivity index (χ0n) is 14.9. The molecule has 0 amide bonds. The lowest BCUT2D eigenvalue weighted by atomic mass is 9.97. The van der Waals surface area contributed by atoms with Gasteiger partial charge >= 0.3 is 0 Å².